The topological polar surface area (TPSA) is 157 Å². The van der Waals surface area contributed by atoms with Crippen LogP contribution in [-0.4, -0.2) is 99.7 Å². The van der Waals surface area contributed by atoms with Crippen LogP contribution in [0.15, 0.2) is 11.6 Å². The number of allylic oxidation sites excluding steroid dienone is 2. The highest BCUT2D eigenvalue weighted by molar-refractivity contribution is 5.66. The average molecular weight is 675 g/mol. The van der Waals surface area contributed by atoms with Gasteiger partial charge in [-0.1, -0.05) is 46.3 Å². The van der Waals surface area contributed by atoms with Crippen LogP contribution in [0.5, 0.6) is 0 Å². The van der Waals surface area contributed by atoms with E-state index in [1.165, 1.54) is 12.5 Å². The SMILES string of the molecule is CC(=O)O[C@@H]1C[C@@]23C[C@@]24CC[C@H](O[C@@H]2OC[C@@H](O)[C@H](O)[C@H]2O)C(C)(C)[C@@H]4CC=C3[C@]2(C)C[C@@H]3O[C@]4(C[C@@H](C)[C@@H]3[C@@]12C)O[C@H](O)[C@@]1(C)O[C@@H]41. The van der Waals surface area contributed by atoms with E-state index in [1.807, 2.05) is 6.92 Å². The summed E-state index contributed by atoms with van der Waals surface area (Å²) < 4.78 is 37.8. The standard InChI is InChI=1S/C37H54O11/c1-17-12-37(29-34(7,47-29)30(42)48-37)46-20-13-32(5)22-9-8-21-31(3,4)23(45-28-27(41)26(40)19(39)15-43-28)10-11-35(21)16-36(22,35)14-24(44-18(2)38)33(32,6)25(17)20/h9,17,19-21,23-30,39-42H,8,10-16H2,1-7H3/t17-,19-,20+,21+,23+,24-,25+,26+,27-,28+,29-,30+,32+,33-,34+,35-,36+,37-/m1/s1. The molecule has 4 N–H and O–H groups in total. The van der Waals surface area contributed by atoms with Crippen LogP contribution in [0.25, 0.3) is 0 Å². The molecule has 4 saturated carbocycles. The summed E-state index contributed by atoms with van der Waals surface area (Å²) in [5.41, 5.74) is -0.191. The molecule has 0 radical (unpaired) electrons. The molecule has 9 rings (SSSR count). The highest BCUT2D eigenvalue weighted by Gasteiger charge is 2.85. The van der Waals surface area contributed by atoms with Gasteiger partial charge in [-0.2, -0.15) is 0 Å². The number of hydrogen-bond donors (Lipinski definition) is 4. The van der Waals surface area contributed by atoms with Crippen LogP contribution in [0.3, 0.4) is 0 Å². The van der Waals surface area contributed by atoms with Gasteiger partial charge in [-0.05, 0) is 74.0 Å². The molecule has 0 bridgehead atoms. The first-order valence-corrected chi connectivity index (χ1v) is 18.3. The minimum Gasteiger partial charge on any atom is -0.462 e. The zero-order chi connectivity index (χ0) is 34.2. The van der Waals surface area contributed by atoms with E-state index in [0.717, 1.165) is 38.5 Å². The molecule has 48 heavy (non-hydrogen) atoms. The fourth-order valence-electron chi connectivity index (χ4n) is 13.8. The van der Waals surface area contributed by atoms with Gasteiger partial charge in [-0.15, -0.1) is 0 Å². The maximum Gasteiger partial charge on any atom is 0.302 e. The number of ether oxygens (including phenoxy) is 6. The molecular weight excluding hydrogens is 620 g/mol. The molecular formula is C37H54O11. The Kier molecular flexibility index (Phi) is 6.57. The lowest BCUT2D eigenvalue weighted by Crippen LogP contribution is -2.61. The molecule has 11 heteroatoms. The summed E-state index contributed by atoms with van der Waals surface area (Å²) in [5, 5.41) is 41.7. The molecule has 5 aliphatic carbocycles. The van der Waals surface area contributed by atoms with Crippen molar-refractivity contribution in [1.29, 1.82) is 0 Å². The summed E-state index contributed by atoms with van der Waals surface area (Å²) in [7, 11) is 0. The lowest BCUT2D eigenvalue weighted by atomic mass is 9.44. The number of epoxide rings is 1. The van der Waals surface area contributed by atoms with E-state index in [-0.39, 0.29) is 75.9 Å². The zero-order valence-electron chi connectivity index (χ0n) is 29.3. The molecule has 0 aromatic rings. The lowest BCUT2D eigenvalue weighted by Gasteiger charge is -2.62. The van der Waals surface area contributed by atoms with Gasteiger partial charge in [-0.25, -0.2) is 0 Å². The van der Waals surface area contributed by atoms with E-state index >= 15 is 0 Å². The molecule has 0 aromatic heterocycles. The number of esters is 1. The maximum absolute atomic E-state index is 12.9. The Bertz CT molecular complexity index is 1450. The van der Waals surface area contributed by atoms with Crippen LogP contribution in [-0.2, 0) is 33.2 Å². The molecule has 4 aliphatic heterocycles. The molecule has 0 aromatic carbocycles. The van der Waals surface area contributed by atoms with Crippen molar-refractivity contribution in [2.24, 2.45) is 44.8 Å². The Labute approximate surface area is 282 Å². The largest absolute Gasteiger partial charge is 0.462 e. The molecule has 3 spiro atoms. The Morgan fingerprint density at radius 1 is 0.958 bits per heavy atom. The molecule has 18 atom stereocenters. The quantitative estimate of drug-likeness (QED) is 0.198. The summed E-state index contributed by atoms with van der Waals surface area (Å²) in [6.45, 7) is 14.9. The number of aliphatic hydroxyl groups excluding tert-OH is 4. The normalized spacial score (nSPS) is 61.6. The molecule has 11 nitrogen and oxygen atoms in total. The second-order valence-electron chi connectivity index (χ2n) is 18.5. The van der Waals surface area contributed by atoms with E-state index in [9.17, 15) is 25.2 Å². The van der Waals surface area contributed by atoms with Crippen LogP contribution >= 0.6 is 0 Å². The second kappa shape index (κ2) is 9.63. The summed E-state index contributed by atoms with van der Waals surface area (Å²) >= 11 is 0. The van der Waals surface area contributed by atoms with Gasteiger partial charge in [0.15, 0.2) is 12.6 Å². The van der Waals surface area contributed by atoms with Gasteiger partial charge in [0.2, 0.25) is 5.79 Å². The van der Waals surface area contributed by atoms with Crippen molar-refractivity contribution < 1.29 is 53.6 Å². The highest BCUT2D eigenvalue weighted by Crippen LogP contribution is 2.88. The van der Waals surface area contributed by atoms with Crippen LogP contribution in [0.1, 0.15) is 93.4 Å². The van der Waals surface area contributed by atoms with Crippen LogP contribution in [0, 0.1) is 44.8 Å². The van der Waals surface area contributed by atoms with E-state index in [0.29, 0.717) is 12.3 Å². The Hall–Kier alpha value is -1.15. The number of fused-ring (bicyclic) bond motifs is 6. The monoisotopic (exact) mass is 674 g/mol. The minimum atomic E-state index is -1.32. The van der Waals surface area contributed by atoms with Crippen molar-refractivity contribution in [3.63, 3.8) is 0 Å². The Morgan fingerprint density at radius 3 is 2.38 bits per heavy atom. The first-order valence-electron chi connectivity index (χ1n) is 18.3. The highest BCUT2D eigenvalue weighted by atomic mass is 16.8. The summed E-state index contributed by atoms with van der Waals surface area (Å²) in [6.07, 6.45) is 1.68. The number of carbonyl (C=O) groups excluding carboxylic acids is 1. The third-order valence-electron chi connectivity index (χ3n) is 16.1. The summed E-state index contributed by atoms with van der Waals surface area (Å²) in [5.74, 6) is -0.600. The minimum absolute atomic E-state index is 0.0364. The van der Waals surface area contributed by atoms with Crippen molar-refractivity contribution in [1.82, 2.24) is 0 Å². The summed E-state index contributed by atoms with van der Waals surface area (Å²) in [4.78, 5) is 12.9. The smallest absolute Gasteiger partial charge is 0.302 e. The first-order chi connectivity index (χ1) is 22.4. The van der Waals surface area contributed by atoms with E-state index in [4.69, 9.17) is 28.4 Å². The molecule has 9 aliphatic rings. The Morgan fingerprint density at radius 2 is 1.71 bits per heavy atom. The van der Waals surface area contributed by atoms with Crippen LogP contribution < -0.4 is 0 Å². The molecule has 4 heterocycles. The van der Waals surface area contributed by atoms with Crippen molar-refractivity contribution in [3.05, 3.63) is 11.6 Å². The predicted octanol–water partition coefficient (Wildman–Crippen LogP) is 2.95. The fourth-order valence-corrected chi connectivity index (χ4v) is 13.8. The van der Waals surface area contributed by atoms with Gasteiger partial charge in [0.05, 0.1) is 18.8 Å². The molecule has 268 valence electrons. The van der Waals surface area contributed by atoms with Gasteiger partial charge in [0.1, 0.15) is 36.1 Å². The van der Waals surface area contributed by atoms with Crippen molar-refractivity contribution in [2.75, 3.05) is 6.61 Å². The van der Waals surface area contributed by atoms with E-state index in [1.54, 1.807) is 0 Å². The first kappa shape index (κ1) is 32.7. The van der Waals surface area contributed by atoms with E-state index in [2.05, 4.69) is 40.7 Å². The maximum atomic E-state index is 12.9. The zero-order valence-corrected chi connectivity index (χ0v) is 29.3. The third kappa shape index (κ3) is 3.69. The van der Waals surface area contributed by atoms with E-state index < -0.39 is 42.3 Å². The summed E-state index contributed by atoms with van der Waals surface area (Å²) in [6, 6.07) is 0. The lowest BCUT2D eigenvalue weighted by molar-refractivity contribution is -0.345. The van der Waals surface area contributed by atoms with Gasteiger partial charge in [0, 0.05) is 29.6 Å². The van der Waals surface area contributed by atoms with Crippen LogP contribution in [0.2, 0.25) is 0 Å². The fraction of sp³-hybridized carbons (Fsp3) is 0.919. The second-order valence-corrected chi connectivity index (χ2v) is 18.5. The van der Waals surface area contributed by atoms with Gasteiger partial charge in [-0.3, -0.25) is 4.79 Å². The van der Waals surface area contributed by atoms with Gasteiger partial charge < -0.3 is 48.8 Å². The number of carbonyl (C=O) groups is 1. The molecule has 0 amide bonds. The number of hydrogen-bond acceptors (Lipinski definition) is 11. The number of rotatable bonds is 3. The van der Waals surface area contributed by atoms with Gasteiger partial charge in [0.25, 0.3) is 0 Å². The number of aliphatic hydroxyl groups is 4. The predicted molar refractivity (Wildman–Crippen MR) is 168 cm³/mol. The molecule has 0 unspecified atom stereocenters. The van der Waals surface area contributed by atoms with Crippen LogP contribution in [0.4, 0.5) is 0 Å². The third-order valence-corrected chi connectivity index (χ3v) is 16.1. The van der Waals surface area contributed by atoms with Crippen molar-refractivity contribution >= 4 is 5.97 Å². The average Bonchev–Trinajstić information content (AvgIpc) is 3.84. The van der Waals surface area contributed by atoms with Crippen molar-refractivity contribution in [2.45, 2.75) is 160 Å². The van der Waals surface area contributed by atoms with Crippen molar-refractivity contribution in [3.8, 4) is 0 Å². The molecule has 4 saturated heterocycles. The molecule has 8 fully saturated rings. The van der Waals surface area contributed by atoms with Gasteiger partial charge >= 0.3 is 5.97 Å². The Balaban J connectivity index is 1.06.